The van der Waals surface area contributed by atoms with E-state index in [4.69, 9.17) is 25.8 Å². The molecule has 0 spiro atoms. The normalized spacial score (nSPS) is 20.7. The number of rotatable bonds is 6. The Balaban J connectivity index is 1.26. The van der Waals surface area contributed by atoms with Crippen LogP contribution in [0.2, 0.25) is 5.02 Å². The molecule has 2 fully saturated rings. The number of hydrogen-bond donors (Lipinski definition) is 2. The van der Waals surface area contributed by atoms with E-state index in [0.29, 0.717) is 51.7 Å². The molecule has 1 amide bonds. The highest BCUT2D eigenvalue weighted by molar-refractivity contribution is 6.32. The fraction of sp³-hybridized carbons (Fsp3) is 0.556. The van der Waals surface area contributed by atoms with Crippen molar-refractivity contribution in [2.45, 2.75) is 46.3 Å². The predicted molar refractivity (Wildman–Crippen MR) is 137 cm³/mol. The molecule has 2 aromatic rings. The van der Waals surface area contributed by atoms with Gasteiger partial charge in [-0.1, -0.05) is 11.6 Å². The highest BCUT2D eigenvalue weighted by Gasteiger charge is 2.35. The quantitative estimate of drug-likeness (QED) is 0.612. The number of ether oxygens (including phenoxy) is 3. The highest BCUT2D eigenvalue weighted by atomic mass is 35.5. The third-order valence-corrected chi connectivity index (χ3v) is 7.93. The van der Waals surface area contributed by atoms with Gasteiger partial charge >= 0.3 is 0 Å². The number of nitrogens with one attached hydrogen (secondary N) is 2. The Labute approximate surface area is 216 Å². The minimum atomic E-state index is -0.310. The second-order valence-electron chi connectivity index (χ2n) is 10.3. The zero-order valence-corrected chi connectivity index (χ0v) is 21.9. The number of halogens is 1. The van der Waals surface area contributed by atoms with Crippen molar-refractivity contribution in [1.82, 2.24) is 15.2 Å². The molecule has 3 aliphatic heterocycles. The minimum Gasteiger partial charge on any atom is -0.484 e. The van der Waals surface area contributed by atoms with Crippen molar-refractivity contribution in [2.75, 3.05) is 39.5 Å². The van der Waals surface area contributed by atoms with Crippen LogP contribution in [0.4, 0.5) is 0 Å². The zero-order valence-electron chi connectivity index (χ0n) is 21.1. The number of benzene rings is 1. The smallest absolute Gasteiger partial charge is 0.253 e. The number of piperidine rings is 1. The molecule has 1 atom stereocenters. The monoisotopic (exact) mass is 515 g/mol. The van der Waals surface area contributed by atoms with Crippen molar-refractivity contribution in [2.24, 2.45) is 11.8 Å². The molecule has 9 heteroatoms. The van der Waals surface area contributed by atoms with Gasteiger partial charge in [0, 0.05) is 47.3 Å². The summed E-state index contributed by atoms with van der Waals surface area (Å²) in [6.07, 6.45) is 2.02. The lowest BCUT2D eigenvalue weighted by Gasteiger charge is -2.40. The third kappa shape index (κ3) is 5.12. The number of aromatic nitrogens is 1. The largest absolute Gasteiger partial charge is 0.484 e. The van der Waals surface area contributed by atoms with Gasteiger partial charge in [0.1, 0.15) is 12.7 Å². The van der Waals surface area contributed by atoms with Crippen LogP contribution in [0.1, 0.15) is 45.6 Å². The summed E-state index contributed by atoms with van der Waals surface area (Å²) < 4.78 is 17.8. The number of likely N-dealkylation sites (tertiary alicyclic amines) is 1. The van der Waals surface area contributed by atoms with Crippen LogP contribution in [0, 0.1) is 32.6 Å². The van der Waals surface area contributed by atoms with Crippen molar-refractivity contribution >= 4 is 17.5 Å². The first-order valence-corrected chi connectivity index (χ1v) is 13.1. The van der Waals surface area contributed by atoms with Crippen LogP contribution in [-0.4, -0.2) is 61.3 Å². The highest BCUT2D eigenvalue weighted by Crippen LogP contribution is 2.44. The molecule has 2 saturated heterocycles. The summed E-state index contributed by atoms with van der Waals surface area (Å²) in [5, 5.41) is 3.22. The van der Waals surface area contributed by atoms with Crippen LogP contribution in [0.3, 0.4) is 0 Å². The molecule has 36 heavy (non-hydrogen) atoms. The van der Waals surface area contributed by atoms with E-state index >= 15 is 0 Å². The van der Waals surface area contributed by atoms with Gasteiger partial charge < -0.3 is 29.4 Å². The molecule has 4 heterocycles. The Morgan fingerprint density at radius 2 is 1.89 bits per heavy atom. The summed E-state index contributed by atoms with van der Waals surface area (Å²) in [5.41, 5.74) is 3.07. The average molecular weight is 516 g/mol. The summed E-state index contributed by atoms with van der Waals surface area (Å²) in [7, 11) is 0. The molecule has 2 N–H and O–H groups in total. The van der Waals surface area contributed by atoms with E-state index in [1.165, 1.54) is 0 Å². The van der Waals surface area contributed by atoms with Crippen LogP contribution in [0.15, 0.2) is 16.9 Å². The van der Waals surface area contributed by atoms with Crippen molar-refractivity contribution in [3.8, 4) is 11.5 Å². The number of H-pyrrole nitrogens is 1. The van der Waals surface area contributed by atoms with E-state index in [2.05, 4.69) is 15.2 Å². The molecule has 0 bridgehead atoms. The van der Waals surface area contributed by atoms with E-state index < -0.39 is 0 Å². The molecule has 0 saturated carbocycles. The fourth-order valence-corrected chi connectivity index (χ4v) is 5.67. The van der Waals surface area contributed by atoms with Crippen LogP contribution in [-0.2, 0) is 11.3 Å². The van der Waals surface area contributed by atoms with Gasteiger partial charge in [0.25, 0.3) is 11.5 Å². The molecule has 1 aromatic carbocycles. The maximum atomic E-state index is 13.1. The summed E-state index contributed by atoms with van der Waals surface area (Å²) in [6.45, 7) is 11.1. The van der Waals surface area contributed by atoms with Gasteiger partial charge in [-0.2, -0.15) is 0 Å². The molecule has 5 rings (SSSR count). The number of aryl methyl sites for hydroxylation is 2. The van der Waals surface area contributed by atoms with Gasteiger partial charge in [0.2, 0.25) is 0 Å². The molecule has 8 nitrogen and oxygen atoms in total. The second-order valence-corrected chi connectivity index (χ2v) is 10.7. The molecule has 0 radical (unpaired) electrons. The van der Waals surface area contributed by atoms with Crippen molar-refractivity contribution in [3.05, 3.63) is 55.5 Å². The van der Waals surface area contributed by atoms with Gasteiger partial charge in [0.15, 0.2) is 11.5 Å². The lowest BCUT2D eigenvalue weighted by molar-refractivity contribution is -0.0535. The number of aromatic amines is 1. The van der Waals surface area contributed by atoms with Gasteiger partial charge in [-0.25, -0.2) is 0 Å². The number of carbonyl (C=O) groups excluding carboxylic acids is 1. The Morgan fingerprint density at radius 1 is 1.14 bits per heavy atom. The standard InChI is InChI=1S/C27H34ClN3O5/c1-15-8-16(2)30-27(33)21(15)10-29-26(32)20-9-22(28)25-24(17(20)3)36-23(14-35-25)19-4-6-31(7-5-19)11-18-12-34-13-18/h8-9,18-19,23H,4-7,10-14H2,1-3H3,(H,29,32)(H,30,33)/t23-/m1/s1. The maximum Gasteiger partial charge on any atom is 0.253 e. The minimum absolute atomic E-state index is 0.0754. The lowest BCUT2D eigenvalue weighted by Crippen LogP contribution is -2.46. The Bertz CT molecular complexity index is 1200. The third-order valence-electron chi connectivity index (χ3n) is 7.65. The van der Waals surface area contributed by atoms with E-state index in [-0.39, 0.29) is 24.1 Å². The van der Waals surface area contributed by atoms with Crippen LogP contribution in [0.25, 0.3) is 0 Å². The molecule has 0 unspecified atom stereocenters. The van der Waals surface area contributed by atoms with Gasteiger partial charge in [-0.05, 0) is 64.4 Å². The van der Waals surface area contributed by atoms with Crippen LogP contribution < -0.4 is 20.3 Å². The molecule has 0 aliphatic carbocycles. The van der Waals surface area contributed by atoms with Gasteiger partial charge in [-0.15, -0.1) is 0 Å². The number of fused-ring (bicyclic) bond motifs is 1. The number of pyridine rings is 1. The number of amides is 1. The summed E-state index contributed by atoms with van der Waals surface area (Å²) in [6, 6.07) is 3.51. The lowest BCUT2D eigenvalue weighted by atomic mass is 9.90. The maximum absolute atomic E-state index is 13.1. The first-order valence-electron chi connectivity index (χ1n) is 12.7. The van der Waals surface area contributed by atoms with Gasteiger partial charge in [0.05, 0.1) is 18.2 Å². The van der Waals surface area contributed by atoms with E-state index in [0.717, 1.165) is 56.9 Å². The molecular weight excluding hydrogens is 482 g/mol. The van der Waals surface area contributed by atoms with Crippen molar-refractivity contribution < 1.29 is 19.0 Å². The Kier molecular flexibility index (Phi) is 7.28. The number of nitrogens with zero attached hydrogens (tertiary/aromatic N) is 1. The topological polar surface area (TPSA) is 92.9 Å². The van der Waals surface area contributed by atoms with Crippen molar-refractivity contribution in [3.63, 3.8) is 0 Å². The first-order chi connectivity index (χ1) is 17.3. The van der Waals surface area contributed by atoms with Gasteiger partial charge in [-0.3, -0.25) is 9.59 Å². The zero-order chi connectivity index (χ0) is 25.4. The van der Waals surface area contributed by atoms with Crippen LogP contribution in [0.5, 0.6) is 11.5 Å². The Hall–Kier alpha value is -2.55. The van der Waals surface area contributed by atoms with Crippen LogP contribution >= 0.6 is 11.6 Å². The van der Waals surface area contributed by atoms with E-state index in [1.54, 1.807) is 6.07 Å². The summed E-state index contributed by atoms with van der Waals surface area (Å²) >= 11 is 6.51. The predicted octanol–water partition coefficient (Wildman–Crippen LogP) is 3.38. The van der Waals surface area contributed by atoms with E-state index in [1.807, 2.05) is 26.8 Å². The first kappa shape index (κ1) is 25.1. The second kappa shape index (κ2) is 10.4. The Morgan fingerprint density at radius 3 is 2.56 bits per heavy atom. The molecule has 3 aliphatic rings. The summed E-state index contributed by atoms with van der Waals surface area (Å²) in [4.78, 5) is 30.7. The number of hydrogen-bond acceptors (Lipinski definition) is 6. The molecular formula is C27H34ClN3O5. The SMILES string of the molecule is Cc1cc(C)c(CNC(=O)c2cc(Cl)c3c(c2C)O[C@@H](C2CCN(CC4COC4)CC2)CO3)c(=O)[nH]1. The summed E-state index contributed by atoms with van der Waals surface area (Å²) in [5.74, 6) is 1.79. The average Bonchev–Trinajstić information content (AvgIpc) is 2.83. The fourth-order valence-electron chi connectivity index (χ4n) is 5.42. The molecule has 194 valence electrons. The molecule has 1 aromatic heterocycles. The van der Waals surface area contributed by atoms with Crippen molar-refractivity contribution in [1.29, 1.82) is 0 Å². The van der Waals surface area contributed by atoms with E-state index in [9.17, 15) is 9.59 Å². The number of carbonyl (C=O) groups is 1.